The van der Waals surface area contributed by atoms with Crippen molar-refractivity contribution in [2.45, 2.75) is 32.6 Å². The lowest BCUT2D eigenvalue weighted by molar-refractivity contribution is -0.384. The molecule has 1 rings (SSSR count). The van der Waals surface area contributed by atoms with Crippen molar-refractivity contribution in [3.8, 4) is 0 Å². The van der Waals surface area contributed by atoms with E-state index in [0.717, 1.165) is 18.7 Å². The van der Waals surface area contributed by atoms with Gasteiger partial charge in [0.2, 0.25) is 0 Å². The molecule has 0 spiro atoms. The van der Waals surface area contributed by atoms with Gasteiger partial charge in [-0.2, -0.15) is 0 Å². The smallest absolute Gasteiger partial charge is 0.271 e. The largest absolute Gasteiger partial charge is 0.397 e. The topological polar surface area (TPSA) is 81.2 Å². The lowest BCUT2D eigenvalue weighted by Crippen LogP contribution is -2.04. The Morgan fingerprint density at radius 3 is 2.71 bits per heavy atom. The second-order valence-corrected chi connectivity index (χ2v) is 4.02. The number of nitrogens with zero attached hydrogens (tertiary/aromatic N) is 1. The Hall–Kier alpha value is -1.78. The van der Waals surface area contributed by atoms with E-state index in [1.54, 1.807) is 6.07 Å². The van der Waals surface area contributed by atoms with Crippen molar-refractivity contribution in [1.29, 1.82) is 0 Å². The van der Waals surface area contributed by atoms with Crippen LogP contribution in [0.2, 0.25) is 0 Å². The molecule has 1 aromatic rings. The summed E-state index contributed by atoms with van der Waals surface area (Å²) in [7, 11) is 0. The van der Waals surface area contributed by atoms with Crippen molar-refractivity contribution in [3.05, 3.63) is 28.3 Å². The lowest BCUT2D eigenvalue weighted by atomic mass is 10.2. The third-order valence-corrected chi connectivity index (χ3v) is 2.59. The maximum absolute atomic E-state index is 10.5. The molecule has 5 heteroatoms. The molecule has 0 fully saturated rings. The Balaban J connectivity index is 2.46. The number of nitrogens with two attached hydrogens (primary N) is 1. The van der Waals surface area contributed by atoms with Crippen molar-refractivity contribution in [2.75, 3.05) is 17.6 Å². The summed E-state index contributed by atoms with van der Waals surface area (Å²) in [6.45, 7) is 3.02. The molecule has 0 radical (unpaired) electrons. The minimum Gasteiger partial charge on any atom is -0.397 e. The molecular formula is C12H19N3O2. The van der Waals surface area contributed by atoms with Crippen molar-refractivity contribution < 1.29 is 4.92 Å². The summed E-state index contributed by atoms with van der Waals surface area (Å²) in [4.78, 5) is 10.1. The van der Waals surface area contributed by atoms with Crippen LogP contribution in [0.4, 0.5) is 17.1 Å². The number of rotatable bonds is 7. The van der Waals surface area contributed by atoms with Crippen molar-refractivity contribution in [3.63, 3.8) is 0 Å². The zero-order valence-corrected chi connectivity index (χ0v) is 10.1. The molecular weight excluding hydrogens is 218 g/mol. The van der Waals surface area contributed by atoms with E-state index in [0.29, 0.717) is 5.69 Å². The molecule has 0 atom stereocenters. The quantitative estimate of drug-likeness (QED) is 0.330. The van der Waals surface area contributed by atoms with Gasteiger partial charge in [0.05, 0.1) is 16.3 Å². The maximum atomic E-state index is 10.5. The minimum absolute atomic E-state index is 0.0269. The predicted molar refractivity (Wildman–Crippen MR) is 70.1 cm³/mol. The highest BCUT2D eigenvalue weighted by Gasteiger charge is 2.07. The zero-order chi connectivity index (χ0) is 12.7. The Kier molecular flexibility index (Phi) is 5.26. The first kappa shape index (κ1) is 13.3. The number of nitrogens with one attached hydrogen (secondary N) is 1. The Labute approximate surface area is 101 Å². The highest BCUT2D eigenvalue weighted by molar-refractivity contribution is 5.69. The number of hydrogen-bond donors (Lipinski definition) is 2. The molecule has 0 aliphatic carbocycles. The third-order valence-electron chi connectivity index (χ3n) is 2.59. The second kappa shape index (κ2) is 6.73. The van der Waals surface area contributed by atoms with E-state index in [-0.39, 0.29) is 5.69 Å². The SMILES string of the molecule is CCCCCCNc1ccc([N+](=O)[O-])cc1N. The highest BCUT2D eigenvalue weighted by atomic mass is 16.6. The summed E-state index contributed by atoms with van der Waals surface area (Å²) in [6, 6.07) is 4.51. The maximum Gasteiger partial charge on any atom is 0.271 e. The summed E-state index contributed by atoms with van der Waals surface area (Å²) in [6.07, 6.45) is 4.72. The number of nitro benzene ring substituents is 1. The van der Waals surface area contributed by atoms with Crippen LogP contribution in [0.3, 0.4) is 0 Å². The second-order valence-electron chi connectivity index (χ2n) is 4.02. The van der Waals surface area contributed by atoms with Crippen LogP contribution in [0.25, 0.3) is 0 Å². The van der Waals surface area contributed by atoms with E-state index in [4.69, 9.17) is 5.73 Å². The van der Waals surface area contributed by atoms with Crippen molar-refractivity contribution >= 4 is 17.1 Å². The molecule has 1 aromatic carbocycles. The number of nitro groups is 1. The average molecular weight is 237 g/mol. The van der Waals surface area contributed by atoms with E-state index in [1.165, 1.54) is 31.4 Å². The molecule has 0 bridgehead atoms. The van der Waals surface area contributed by atoms with Crippen LogP contribution in [0.5, 0.6) is 0 Å². The normalized spacial score (nSPS) is 10.2. The van der Waals surface area contributed by atoms with Crippen LogP contribution in [0.15, 0.2) is 18.2 Å². The number of anilines is 2. The van der Waals surface area contributed by atoms with Gasteiger partial charge >= 0.3 is 0 Å². The van der Waals surface area contributed by atoms with E-state index < -0.39 is 4.92 Å². The summed E-state index contributed by atoms with van der Waals surface area (Å²) < 4.78 is 0. The highest BCUT2D eigenvalue weighted by Crippen LogP contribution is 2.23. The molecule has 0 aliphatic rings. The van der Waals surface area contributed by atoms with E-state index in [1.807, 2.05) is 0 Å². The van der Waals surface area contributed by atoms with Crippen LogP contribution in [0, 0.1) is 10.1 Å². The number of hydrogen-bond acceptors (Lipinski definition) is 4. The molecule has 5 nitrogen and oxygen atoms in total. The van der Waals surface area contributed by atoms with Gasteiger partial charge in [0.25, 0.3) is 5.69 Å². The Morgan fingerprint density at radius 2 is 2.12 bits per heavy atom. The fraction of sp³-hybridized carbons (Fsp3) is 0.500. The van der Waals surface area contributed by atoms with Gasteiger partial charge in [-0.3, -0.25) is 10.1 Å². The summed E-state index contributed by atoms with van der Waals surface area (Å²) in [5.74, 6) is 0. The van der Waals surface area contributed by atoms with Gasteiger partial charge in [0, 0.05) is 18.7 Å². The summed E-state index contributed by atoms with van der Waals surface area (Å²) in [5, 5.41) is 13.7. The number of benzene rings is 1. The fourth-order valence-corrected chi connectivity index (χ4v) is 1.60. The molecule has 0 amide bonds. The molecule has 0 saturated heterocycles. The van der Waals surface area contributed by atoms with Gasteiger partial charge in [0.15, 0.2) is 0 Å². The van der Waals surface area contributed by atoms with Gasteiger partial charge in [0.1, 0.15) is 0 Å². The van der Waals surface area contributed by atoms with Gasteiger partial charge in [-0.1, -0.05) is 26.2 Å². The minimum atomic E-state index is -0.443. The van der Waals surface area contributed by atoms with Crippen LogP contribution in [-0.4, -0.2) is 11.5 Å². The lowest BCUT2D eigenvalue weighted by Gasteiger charge is -2.08. The standard InChI is InChI=1S/C12H19N3O2/c1-2-3-4-5-8-14-12-7-6-10(15(16)17)9-11(12)13/h6-7,9,14H,2-5,8,13H2,1H3. The fourth-order valence-electron chi connectivity index (χ4n) is 1.60. The summed E-state index contributed by atoms with van der Waals surface area (Å²) >= 11 is 0. The van der Waals surface area contributed by atoms with E-state index >= 15 is 0 Å². The van der Waals surface area contributed by atoms with Gasteiger partial charge in [-0.05, 0) is 12.5 Å². The zero-order valence-electron chi connectivity index (χ0n) is 10.1. The first-order chi connectivity index (χ1) is 8.15. The number of nitrogen functional groups attached to an aromatic ring is 1. The molecule has 0 heterocycles. The van der Waals surface area contributed by atoms with Crippen LogP contribution in [0.1, 0.15) is 32.6 Å². The first-order valence-corrected chi connectivity index (χ1v) is 5.93. The van der Waals surface area contributed by atoms with Crippen molar-refractivity contribution in [2.24, 2.45) is 0 Å². The average Bonchev–Trinajstić information content (AvgIpc) is 2.30. The monoisotopic (exact) mass is 237 g/mol. The number of non-ortho nitro benzene ring substituents is 1. The van der Waals surface area contributed by atoms with Crippen LogP contribution < -0.4 is 11.1 Å². The molecule has 94 valence electrons. The summed E-state index contributed by atoms with van der Waals surface area (Å²) in [5.41, 5.74) is 6.96. The Morgan fingerprint density at radius 1 is 1.35 bits per heavy atom. The third kappa shape index (κ3) is 4.30. The van der Waals surface area contributed by atoms with Gasteiger partial charge in [-0.15, -0.1) is 0 Å². The first-order valence-electron chi connectivity index (χ1n) is 5.93. The Bertz CT molecular complexity index is 380. The van der Waals surface area contributed by atoms with Gasteiger partial charge < -0.3 is 11.1 Å². The number of unbranched alkanes of at least 4 members (excludes halogenated alkanes) is 3. The molecule has 0 aromatic heterocycles. The molecule has 0 saturated carbocycles. The van der Waals surface area contributed by atoms with E-state index in [2.05, 4.69) is 12.2 Å². The van der Waals surface area contributed by atoms with Crippen LogP contribution >= 0.6 is 0 Å². The van der Waals surface area contributed by atoms with Gasteiger partial charge in [-0.25, -0.2) is 0 Å². The molecule has 0 aliphatic heterocycles. The molecule has 3 N–H and O–H groups in total. The van der Waals surface area contributed by atoms with E-state index in [9.17, 15) is 10.1 Å². The van der Waals surface area contributed by atoms with Crippen molar-refractivity contribution in [1.82, 2.24) is 0 Å². The molecule has 17 heavy (non-hydrogen) atoms. The predicted octanol–water partition coefficient (Wildman–Crippen LogP) is 3.17. The van der Waals surface area contributed by atoms with Crippen LogP contribution in [-0.2, 0) is 0 Å². The molecule has 0 unspecified atom stereocenters.